The minimum atomic E-state index is -0.510. The van der Waals surface area contributed by atoms with Gasteiger partial charge in [-0.2, -0.15) is 0 Å². The van der Waals surface area contributed by atoms with E-state index in [0.717, 1.165) is 11.3 Å². The van der Waals surface area contributed by atoms with Crippen molar-refractivity contribution in [1.82, 2.24) is 0 Å². The van der Waals surface area contributed by atoms with Crippen LogP contribution in [0.25, 0.3) is 11.3 Å². The molecule has 0 aromatic heterocycles. The molecule has 3 aromatic carbocycles. The molecule has 3 aromatic rings. The highest BCUT2D eigenvalue weighted by Gasteiger charge is 2.05. The first kappa shape index (κ1) is 22.0. The second-order valence-corrected chi connectivity index (χ2v) is 6.75. The number of carbonyl (C=O) groups excluding carboxylic acids is 1. The molecule has 1 amide bonds. The molecule has 0 aliphatic carbocycles. The second kappa shape index (κ2) is 10.4. The number of nitrogens with one attached hydrogen (secondary N) is 1. The van der Waals surface area contributed by atoms with Gasteiger partial charge in [-0.1, -0.05) is 42.5 Å². The van der Waals surface area contributed by atoms with Crippen LogP contribution in [-0.2, 0) is 0 Å². The van der Waals surface area contributed by atoms with Crippen molar-refractivity contribution in [2.24, 2.45) is 22.2 Å². The minimum absolute atomic E-state index is 0.111. The highest BCUT2D eigenvalue weighted by atomic mass is 16.5. The van der Waals surface area contributed by atoms with Crippen molar-refractivity contribution in [3.05, 3.63) is 108 Å². The number of amides is 1. The molecule has 0 aliphatic heterocycles. The summed E-state index contributed by atoms with van der Waals surface area (Å²) in [5.74, 6) is 0.794. The summed E-state index contributed by atoms with van der Waals surface area (Å²) in [6.45, 7) is 0. The van der Waals surface area contributed by atoms with Crippen LogP contribution in [0, 0.1) is 5.41 Å². The zero-order valence-corrected chi connectivity index (χ0v) is 17.2. The summed E-state index contributed by atoms with van der Waals surface area (Å²) in [7, 11) is 0. The molecule has 0 unspecified atom stereocenters. The molecule has 0 radical (unpaired) electrons. The van der Waals surface area contributed by atoms with E-state index in [9.17, 15) is 4.79 Å². The zero-order valence-electron chi connectivity index (χ0n) is 17.2. The number of nitrogens with zero attached hydrogens (tertiary/aromatic N) is 1. The van der Waals surface area contributed by atoms with Gasteiger partial charge in [-0.3, -0.25) is 15.2 Å². The molecule has 0 aliphatic rings. The van der Waals surface area contributed by atoms with Crippen molar-refractivity contribution in [2.45, 2.75) is 0 Å². The monoisotopic (exact) mass is 425 g/mol. The van der Waals surface area contributed by atoms with E-state index in [0.29, 0.717) is 28.1 Å². The number of hydrogen-bond acceptors (Lipinski definition) is 5. The van der Waals surface area contributed by atoms with Gasteiger partial charge < -0.3 is 21.9 Å². The Balaban J connectivity index is 1.82. The second-order valence-electron chi connectivity index (χ2n) is 6.75. The zero-order chi connectivity index (χ0) is 22.9. The van der Waals surface area contributed by atoms with Crippen LogP contribution in [0.1, 0.15) is 21.5 Å². The van der Waals surface area contributed by atoms with Gasteiger partial charge in [0, 0.05) is 29.1 Å². The molecular weight excluding hydrogens is 402 g/mol. The Morgan fingerprint density at radius 2 is 1.38 bits per heavy atom. The lowest BCUT2D eigenvalue weighted by molar-refractivity contribution is 0.100. The molecule has 7 heteroatoms. The van der Waals surface area contributed by atoms with Crippen LogP contribution in [0.3, 0.4) is 0 Å². The van der Waals surface area contributed by atoms with Gasteiger partial charge in [0.05, 0.1) is 5.70 Å². The van der Waals surface area contributed by atoms with Gasteiger partial charge in [-0.05, 0) is 48.0 Å². The van der Waals surface area contributed by atoms with Gasteiger partial charge in [-0.15, -0.1) is 0 Å². The molecular formula is C25H23N5O2. The summed E-state index contributed by atoms with van der Waals surface area (Å²) in [4.78, 5) is 15.7. The average molecular weight is 425 g/mol. The van der Waals surface area contributed by atoms with E-state index < -0.39 is 5.91 Å². The number of aliphatic imine (C=N–C) groups is 1. The van der Waals surface area contributed by atoms with Crippen LogP contribution in [-0.4, -0.2) is 18.0 Å². The van der Waals surface area contributed by atoms with Crippen LogP contribution in [0.4, 0.5) is 0 Å². The van der Waals surface area contributed by atoms with Crippen molar-refractivity contribution < 1.29 is 9.53 Å². The van der Waals surface area contributed by atoms with Gasteiger partial charge in [0.2, 0.25) is 5.91 Å². The van der Waals surface area contributed by atoms with E-state index in [1.54, 1.807) is 30.5 Å². The maximum atomic E-state index is 11.3. The van der Waals surface area contributed by atoms with E-state index in [4.69, 9.17) is 27.3 Å². The topological polar surface area (TPSA) is 141 Å². The van der Waals surface area contributed by atoms with Gasteiger partial charge in [-0.25, -0.2) is 0 Å². The van der Waals surface area contributed by atoms with Crippen LogP contribution in [0.15, 0.2) is 96.1 Å². The van der Waals surface area contributed by atoms with Gasteiger partial charge >= 0.3 is 0 Å². The van der Waals surface area contributed by atoms with Crippen molar-refractivity contribution in [3.8, 4) is 11.5 Å². The molecule has 0 saturated carbocycles. The van der Waals surface area contributed by atoms with E-state index in [1.807, 2.05) is 54.6 Å². The number of carbonyl (C=O) groups is 1. The summed E-state index contributed by atoms with van der Waals surface area (Å²) in [5, 5.41) is 7.66. The van der Waals surface area contributed by atoms with Crippen LogP contribution < -0.4 is 21.9 Å². The highest BCUT2D eigenvalue weighted by molar-refractivity contribution is 6.17. The molecule has 3 rings (SSSR count). The van der Waals surface area contributed by atoms with Crippen molar-refractivity contribution >= 4 is 29.2 Å². The molecule has 7 nitrogen and oxygen atoms in total. The first-order valence-corrected chi connectivity index (χ1v) is 9.71. The number of para-hydroxylation sites is 1. The maximum Gasteiger partial charge on any atom is 0.248 e. The Kier molecular flexibility index (Phi) is 7.16. The van der Waals surface area contributed by atoms with Crippen LogP contribution >= 0.6 is 0 Å². The Morgan fingerprint density at radius 1 is 0.812 bits per heavy atom. The number of amidine groups is 1. The van der Waals surface area contributed by atoms with Gasteiger partial charge in [0.15, 0.2) is 0 Å². The predicted molar refractivity (Wildman–Crippen MR) is 128 cm³/mol. The van der Waals surface area contributed by atoms with Crippen LogP contribution in [0.5, 0.6) is 11.5 Å². The van der Waals surface area contributed by atoms with E-state index in [2.05, 4.69) is 4.99 Å². The van der Waals surface area contributed by atoms with E-state index in [1.165, 1.54) is 12.3 Å². The smallest absolute Gasteiger partial charge is 0.248 e. The molecule has 0 bridgehead atoms. The van der Waals surface area contributed by atoms with Crippen molar-refractivity contribution in [1.29, 1.82) is 5.41 Å². The Labute approximate surface area is 186 Å². The summed E-state index contributed by atoms with van der Waals surface area (Å²) >= 11 is 0. The third-order valence-corrected chi connectivity index (χ3v) is 4.44. The van der Waals surface area contributed by atoms with Gasteiger partial charge in [0.25, 0.3) is 0 Å². The SMILES string of the molecule is N=C(N)/C=C(/C=N/C(=C/N)c1ccc(C(N)=O)cc1)c1ccc(Oc2ccccc2)cc1. The molecule has 7 N–H and O–H groups in total. The van der Waals surface area contributed by atoms with E-state index >= 15 is 0 Å². The largest absolute Gasteiger partial charge is 0.457 e. The van der Waals surface area contributed by atoms with Crippen LogP contribution in [0.2, 0.25) is 0 Å². The Morgan fingerprint density at radius 3 is 1.94 bits per heavy atom. The van der Waals surface area contributed by atoms with Crippen molar-refractivity contribution in [3.63, 3.8) is 0 Å². The number of allylic oxidation sites excluding steroid dienone is 1. The standard InChI is InChI=1S/C25H23N5O2/c26-15-23(18-6-8-19(9-7-18)25(29)31)30-16-20(14-24(27)28)17-10-12-22(13-11-17)32-21-4-2-1-3-5-21/h1-16H,26H2,(H3,27,28)(H2,29,31)/b20-14-,23-15+,30-16+. The fourth-order valence-electron chi connectivity index (χ4n) is 2.86. The maximum absolute atomic E-state index is 11.3. The average Bonchev–Trinajstić information content (AvgIpc) is 2.80. The number of benzene rings is 3. The third kappa shape index (κ3) is 5.93. The summed E-state index contributed by atoms with van der Waals surface area (Å²) in [6, 6.07) is 23.5. The third-order valence-electron chi connectivity index (χ3n) is 4.44. The molecule has 0 fully saturated rings. The number of ether oxygens (including phenoxy) is 1. The molecule has 0 saturated heterocycles. The molecule has 160 valence electrons. The molecule has 0 heterocycles. The number of nitrogens with two attached hydrogens (primary N) is 3. The normalized spacial score (nSPS) is 12.0. The first-order valence-electron chi connectivity index (χ1n) is 9.71. The fourth-order valence-corrected chi connectivity index (χ4v) is 2.86. The lowest BCUT2D eigenvalue weighted by Crippen LogP contribution is -2.10. The molecule has 0 atom stereocenters. The molecule has 32 heavy (non-hydrogen) atoms. The number of hydrogen-bond donors (Lipinski definition) is 4. The van der Waals surface area contributed by atoms with Gasteiger partial charge in [0.1, 0.15) is 17.3 Å². The minimum Gasteiger partial charge on any atom is -0.457 e. The Bertz CT molecular complexity index is 1180. The Hall–Kier alpha value is -4.65. The quantitative estimate of drug-likeness (QED) is 0.320. The summed E-state index contributed by atoms with van der Waals surface area (Å²) in [6.07, 6.45) is 4.44. The molecule has 0 spiro atoms. The van der Waals surface area contributed by atoms with E-state index in [-0.39, 0.29) is 5.84 Å². The fraction of sp³-hybridized carbons (Fsp3) is 0. The van der Waals surface area contributed by atoms with Crippen molar-refractivity contribution in [2.75, 3.05) is 0 Å². The lowest BCUT2D eigenvalue weighted by Gasteiger charge is -2.08. The lowest BCUT2D eigenvalue weighted by atomic mass is 10.1. The summed E-state index contributed by atoms with van der Waals surface area (Å²) < 4.78 is 5.82. The first-order chi connectivity index (χ1) is 15.5. The predicted octanol–water partition coefficient (Wildman–Crippen LogP) is 3.93. The highest BCUT2D eigenvalue weighted by Crippen LogP contribution is 2.24. The summed E-state index contributed by atoms with van der Waals surface area (Å²) in [5.41, 5.74) is 19.6. The number of rotatable bonds is 8. The number of primary amides is 1.